The fourth-order valence-corrected chi connectivity index (χ4v) is 3.12. The summed E-state index contributed by atoms with van der Waals surface area (Å²) in [6.07, 6.45) is -2.66. The molecule has 0 bridgehead atoms. The summed E-state index contributed by atoms with van der Waals surface area (Å²) in [6, 6.07) is 3.73. The predicted octanol–water partition coefficient (Wildman–Crippen LogP) is 1.38. The number of benzene rings is 1. The summed E-state index contributed by atoms with van der Waals surface area (Å²) < 4.78 is 40.8. The number of nitrogens with one attached hydrogen (secondary N) is 1. The van der Waals surface area contributed by atoms with Crippen molar-refractivity contribution < 1.29 is 32.9 Å². The van der Waals surface area contributed by atoms with Crippen molar-refractivity contribution in [1.29, 1.82) is 0 Å². The fraction of sp³-hybridized carbons (Fsp3) is 0.353. The zero-order valence-electron chi connectivity index (χ0n) is 13.8. The zero-order chi connectivity index (χ0) is 19.6. The van der Waals surface area contributed by atoms with E-state index in [4.69, 9.17) is 0 Å². The van der Waals surface area contributed by atoms with E-state index in [1.807, 2.05) is 0 Å². The molecule has 0 radical (unpaired) electrons. The van der Waals surface area contributed by atoms with E-state index in [1.165, 1.54) is 30.9 Å². The molecule has 1 heterocycles. The van der Waals surface area contributed by atoms with E-state index >= 15 is 0 Å². The number of nitrogens with zero attached hydrogens (tertiary/aromatic N) is 2. The minimum absolute atomic E-state index is 0.0756. The van der Waals surface area contributed by atoms with Gasteiger partial charge in [-0.2, -0.15) is 0 Å². The van der Waals surface area contributed by atoms with Crippen molar-refractivity contribution >= 4 is 5.91 Å². The molecule has 1 aliphatic rings. The van der Waals surface area contributed by atoms with Crippen LogP contribution in [0.3, 0.4) is 0 Å². The van der Waals surface area contributed by atoms with Crippen LogP contribution >= 0.6 is 0 Å². The third kappa shape index (κ3) is 4.52. The lowest BCUT2D eigenvalue weighted by Gasteiger charge is -2.23. The van der Waals surface area contributed by atoms with Gasteiger partial charge in [0.05, 0.1) is 12.1 Å². The monoisotopic (exact) mass is 383 g/mol. The van der Waals surface area contributed by atoms with Gasteiger partial charge in [0.15, 0.2) is 0 Å². The van der Waals surface area contributed by atoms with Crippen LogP contribution in [0.25, 0.3) is 0 Å². The molecular formula is C17H16F3N3O4. The minimum atomic E-state index is -4.88. The van der Waals surface area contributed by atoms with E-state index in [-0.39, 0.29) is 12.0 Å². The summed E-state index contributed by atoms with van der Waals surface area (Å²) >= 11 is 0. The number of aliphatic hydroxyl groups is 2. The van der Waals surface area contributed by atoms with Gasteiger partial charge in [0.2, 0.25) is 0 Å². The molecule has 7 nitrogen and oxygen atoms in total. The number of halogens is 3. The van der Waals surface area contributed by atoms with Gasteiger partial charge >= 0.3 is 6.36 Å². The second-order valence-electron chi connectivity index (χ2n) is 6.15. The minimum Gasteiger partial charge on any atom is -0.406 e. The van der Waals surface area contributed by atoms with E-state index in [0.717, 1.165) is 12.1 Å². The molecule has 3 N–H and O–H groups in total. The van der Waals surface area contributed by atoms with Crippen LogP contribution in [-0.4, -0.2) is 50.7 Å². The highest BCUT2D eigenvalue weighted by Gasteiger charge is 2.43. The van der Waals surface area contributed by atoms with E-state index < -0.39 is 42.2 Å². The smallest absolute Gasteiger partial charge is 0.406 e. The maximum atomic E-state index is 12.5. The number of aromatic nitrogens is 2. The van der Waals surface area contributed by atoms with Gasteiger partial charge in [0.25, 0.3) is 5.91 Å². The van der Waals surface area contributed by atoms with Crippen LogP contribution in [0.1, 0.15) is 28.3 Å². The first kappa shape index (κ1) is 19.1. The third-order valence-electron chi connectivity index (χ3n) is 4.33. The Balaban J connectivity index is 1.78. The number of rotatable bonds is 4. The van der Waals surface area contributed by atoms with E-state index in [2.05, 4.69) is 20.0 Å². The Morgan fingerprint density at radius 1 is 1.22 bits per heavy atom. The second-order valence-corrected chi connectivity index (χ2v) is 6.15. The molecule has 1 saturated carbocycles. The molecule has 3 rings (SSSR count). The van der Waals surface area contributed by atoms with Crippen molar-refractivity contribution in [3.05, 3.63) is 54.1 Å². The molecule has 144 valence electrons. The van der Waals surface area contributed by atoms with Gasteiger partial charge in [-0.15, -0.1) is 13.2 Å². The number of carbonyl (C=O) groups is 1. The highest BCUT2D eigenvalue weighted by molar-refractivity contribution is 5.94. The van der Waals surface area contributed by atoms with Crippen LogP contribution in [0.4, 0.5) is 13.2 Å². The van der Waals surface area contributed by atoms with Crippen LogP contribution in [0.15, 0.2) is 43.0 Å². The summed E-state index contributed by atoms with van der Waals surface area (Å²) in [7, 11) is 0. The summed E-state index contributed by atoms with van der Waals surface area (Å²) in [4.78, 5) is 20.2. The molecule has 27 heavy (non-hydrogen) atoms. The molecule has 1 aromatic carbocycles. The molecule has 1 amide bonds. The van der Waals surface area contributed by atoms with E-state index in [0.29, 0.717) is 5.56 Å². The largest absolute Gasteiger partial charge is 0.573 e. The summed E-state index contributed by atoms with van der Waals surface area (Å²) in [5, 5.41) is 22.8. The molecule has 1 aromatic heterocycles. The van der Waals surface area contributed by atoms with E-state index in [1.54, 1.807) is 0 Å². The number of alkyl halides is 3. The number of hydrogen-bond acceptors (Lipinski definition) is 6. The average molecular weight is 383 g/mol. The molecule has 2 aromatic rings. The lowest BCUT2D eigenvalue weighted by Crippen LogP contribution is -2.45. The number of amides is 1. The van der Waals surface area contributed by atoms with Crippen molar-refractivity contribution in [2.75, 3.05) is 0 Å². The fourth-order valence-electron chi connectivity index (χ4n) is 3.12. The Kier molecular flexibility index (Phi) is 5.29. The van der Waals surface area contributed by atoms with Gasteiger partial charge in [-0.3, -0.25) is 4.79 Å². The lowest BCUT2D eigenvalue weighted by molar-refractivity contribution is -0.274. The van der Waals surface area contributed by atoms with Gasteiger partial charge in [-0.1, -0.05) is 6.07 Å². The van der Waals surface area contributed by atoms with Crippen molar-refractivity contribution in [1.82, 2.24) is 15.3 Å². The molecule has 4 atom stereocenters. The third-order valence-corrected chi connectivity index (χ3v) is 4.33. The Morgan fingerprint density at radius 2 is 1.93 bits per heavy atom. The Morgan fingerprint density at radius 3 is 2.59 bits per heavy atom. The van der Waals surface area contributed by atoms with Crippen molar-refractivity contribution in [2.24, 2.45) is 0 Å². The molecule has 1 aliphatic carbocycles. The lowest BCUT2D eigenvalue weighted by atomic mass is 9.95. The van der Waals surface area contributed by atoms with Gasteiger partial charge < -0.3 is 20.3 Å². The Bertz CT molecular complexity index is 804. The van der Waals surface area contributed by atoms with Crippen molar-refractivity contribution in [3.63, 3.8) is 0 Å². The standard InChI is InChI=1S/C17H16F3N3O4/c18-17(19,20)27-11-3-1-2-9(4-11)16(26)23-14-12(5-13(24)15(14)25)10-6-21-8-22-7-10/h1-4,6-8,12-15,24-25H,5H2,(H,23,26). The highest BCUT2D eigenvalue weighted by atomic mass is 19.4. The Hall–Kier alpha value is -2.72. The normalized spacial score (nSPS) is 25.2. The van der Waals surface area contributed by atoms with Gasteiger partial charge in [-0.05, 0) is 30.2 Å². The maximum absolute atomic E-state index is 12.5. The zero-order valence-corrected chi connectivity index (χ0v) is 13.8. The van der Waals surface area contributed by atoms with Crippen LogP contribution < -0.4 is 10.1 Å². The number of ether oxygens (including phenoxy) is 1. The van der Waals surface area contributed by atoms with Crippen LogP contribution in [0, 0.1) is 0 Å². The van der Waals surface area contributed by atoms with Crippen LogP contribution in [0.5, 0.6) is 5.75 Å². The summed E-state index contributed by atoms with van der Waals surface area (Å²) in [6.45, 7) is 0. The number of carbonyl (C=O) groups excluding carboxylic acids is 1. The molecule has 0 aliphatic heterocycles. The molecule has 0 spiro atoms. The number of hydrogen-bond donors (Lipinski definition) is 3. The SMILES string of the molecule is O=C(NC1C(c2cncnc2)CC(O)C1O)c1cccc(OC(F)(F)F)c1. The molecule has 0 saturated heterocycles. The average Bonchev–Trinajstić information content (AvgIpc) is 2.89. The topological polar surface area (TPSA) is 105 Å². The van der Waals surface area contributed by atoms with Crippen LogP contribution in [0.2, 0.25) is 0 Å². The first-order chi connectivity index (χ1) is 12.7. The maximum Gasteiger partial charge on any atom is 0.573 e. The first-order valence-corrected chi connectivity index (χ1v) is 8.02. The first-order valence-electron chi connectivity index (χ1n) is 8.02. The molecule has 10 heteroatoms. The number of aliphatic hydroxyl groups excluding tert-OH is 2. The second kappa shape index (κ2) is 7.49. The van der Waals surface area contributed by atoms with Crippen molar-refractivity contribution in [3.8, 4) is 5.75 Å². The van der Waals surface area contributed by atoms with Gasteiger partial charge in [-0.25, -0.2) is 9.97 Å². The quantitative estimate of drug-likeness (QED) is 0.737. The van der Waals surface area contributed by atoms with Crippen LogP contribution in [-0.2, 0) is 0 Å². The van der Waals surface area contributed by atoms with Crippen molar-refractivity contribution in [2.45, 2.75) is 37.0 Å². The molecule has 1 fully saturated rings. The molecule has 4 unspecified atom stereocenters. The van der Waals surface area contributed by atoms with E-state index in [9.17, 15) is 28.2 Å². The predicted molar refractivity (Wildman–Crippen MR) is 85.8 cm³/mol. The molecular weight excluding hydrogens is 367 g/mol. The van der Waals surface area contributed by atoms with Gasteiger partial charge in [0.1, 0.15) is 18.2 Å². The summed E-state index contributed by atoms with van der Waals surface area (Å²) in [5.41, 5.74) is 0.543. The summed E-state index contributed by atoms with van der Waals surface area (Å²) in [5.74, 6) is -1.69. The highest BCUT2D eigenvalue weighted by Crippen LogP contribution is 2.35. The van der Waals surface area contributed by atoms with Gasteiger partial charge in [0, 0.05) is 23.9 Å². The Labute approximate surface area is 151 Å².